The van der Waals surface area contributed by atoms with Gasteiger partial charge in [-0.1, -0.05) is 6.92 Å². The zero-order valence-corrected chi connectivity index (χ0v) is 12.9. The Hall–Kier alpha value is -2.15. The average molecular weight is 302 g/mol. The molecule has 0 bridgehead atoms. The Bertz CT molecular complexity index is 732. The highest BCUT2D eigenvalue weighted by atomic mass is 32.1. The normalized spacial score (nSPS) is 11.0. The van der Waals surface area contributed by atoms with E-state index in [1.54, 1.807) is 17.5 Å². The predicted molar refractivity (Wildman–Crippen MR) is 85.9 cm³/mol. The lowest BCUT2D eigenvalue weighted by atomic mass is 10.4. The van der Waals surface area contributed by atoms with E-state index in [0.29, 0.717) is 6.54 Å². The minimum Gasteiger partial charge on any atom is -0.369 e. The summed E-state index contributed by atoms with van der Waals surface area (Å²) >= 11 is 1.69. The first-order valence-corrected chi connectivity index (χ1v) is 7.80. The summed E-state index contributed by atoms with van der Waals surface area (Å²) in [5.41, 5.74) is 0.832. The van der Waals surface area contributed by atoms with Crippen LogP contribution in [0.1, 0.15) is 23.2 Å². The highest BCUT2D eigenvalue weighted by Crippen LogP contribution is 2.19. The van der Waals surface area contributed by atoms with Gasteiger partial charge >= 0.3 is 0 Å². The topological polar surface area (TPSA) is 67.1 Å². The highest BCUT2D eigenvalue weighted by molar-refractivity contribution is 7.11. The first kappa shape index (κ1) is 13.8. The minimum atomic E-state index is 0.707. The van der Waals surface area contributed by atoms with Gasteiger partial charge in [0.2, 0.25) is 0 Å². The van der Waals surface area contributed by atoms with Crippen molar-refractivity contribution in [1.82, 2.24) is 19.4 Å². The zero-order valence-electron chi connectivity index (χ0n) is 12.1. The molecular weight excluding hydrogens is 284 g/mol. The molecule has 0 amide bonds. The van der Waals surface area contributed by atoms with Crippen molar-refractivity contribution in [3.05, 3.63) is 34.7 Å². The van der Waals surface area contributed by atoms with Gasteiger partial charge in [-0.05, 0) is 13.3 Å². The van der Waals surface area contributed by atoms with Crippen molar-refractivity contribution < 1.29 is 0 Å². The van der Waals surface area contributed by atoms with Crippen LogP contribution in [-0.2, 0) is 6.54 Å². The second-order valence-electron chi connectivity index (χ2n) is 4.76. The third-order valence-electron chi connectivity index (χ3n) is 3.03. The summed E-state index contributed by atoms with van der Waals surface area (Å²) in [5, 5.41) is 7.74. The number of fused-ring (bicyclic) bond motifs is 1. The number of anilines is 2. The standard InChI is InChI=1S/C14H18N6S/c1-3-4-15-12-9-20-6-5-16-14(20)13(19-12)18-8-11-7-17-10(2)21-11/h5-7,9,15H,3-4,8H2,1-2H3,(H,18,19). The molecular formula is C14H18N6S. The molecule has 0 saturated carbocycles. The number of hydrogen-bond acceptors (Lipinski definition) is 6. The Balaban J connectivity index is 1.83. The third kappa shape index (κ3) is 3.13. The lowest BCUT2D eigenvalue weighted by Gasteiger charge is -2.10. The van der Waals surface area contributed by atoms with Crippen LogP contribution in [-0.4, -0.2) is 25.9 Å². The second-order valence-corrected chi connectivity index (χ2v) is 6.08. The molecule has 0 atom stereocenters. The van der Waals surface area contributed by atoms with Gasteiger partial charge in [-0.2, -0.15) is 0 Å². The van der Waals surface area contributed by atoms with Gasteiger partial charge in [0, 0.05) is 30.0 Å². The number of hydrogen-bond donors (Lipinski definition) is 2. The van der Waals surface area contributed by atoms with Gasteiger partial charge in [-0.3, -0.25) is 0 Å². The highest BCUT2D eigenvalue weighted by Gasteiger charge is 2.08. The Morgan fingerprint density at radius 3 is 2.95 bits per heavy atom. The van der Waals surface area contributed by atoms with Crippen LogP contribution in [0.2, 0.25) is 0 Å². The van der Waals surface area contributed by atoms with E-state index in [1.165, 1.54) is 4.88 Å². The monoisotopic (exact) mass is 302 g/mol. The van der Waals surface area contributed by atoms with Crippen molar-refractivity contribution >= 4 is 28.6 Å². The lowest BCUT2D eigenvalue weighted by Crippen LogP contribution is -2.08. The van der Waals surface area contributed by atoms with Crippen LogP contribution in [0.5, 0.6) is 0 Å². The van der Waals surface area contributed by atoms with Crippen molar-refractivity contribution in [3.63, 3.8) is 0 Å². The van der Waals surface area contributed by atoms with Crippen molar-refractivity contribution in [1.29, 1.82) is 0 Å². The molecule has 7 heteroatoms. The van der Waals surface area contributed by atoms with Crippen LogP contribution >= 0.6 is 11.3 Å². The first-order chi connectivity index (χ1) is 10.3. The number of nitrogens with zero attached hydrogens (tertiary/aromatic N) is 4. The summed E-state index contributed by atoms with van der Waals surface area (Å²) in [5.74, 6) is 1.64. The van der Waals surface area contributed by atoms with E-state index in [1.807, 2.05) is 29.9 Å². The number of rotatable bonds is 6. The fourth-order valence-corrected chi connectivity index (χ4v) is 2.78. The van der Waals surface area contributed by atoms with Gasteiger partial charge in [0.25, 0.3) is 0 Å². The second kappa shape index (κ2) is 6.09. The molecule has 0 aliphatic heterocycles. The minimum absolute atomic E-state index is 0.707. The molecule has 0 aliphatic carbocycles. The number of aryl methyl sites for hydroxylation is 1. The van der Waals surface area contributed by atoms with E-state index in [-0.39, 0.29) is 0 Å². The molecule has 0 radical (unpaired) electrons. The van der Waals surface area contributed by atoms with Gasteiger partial charge < -0.3 is 15.0 Å². The molecule has 0 fully saturated rings. The molecule has 3 aromatic heterocycles. The molecule has 0 aromatic carbocycles. The summed E-state index contributed by atoms with van der Waals surface area (Å²) in [6.45, 7) is 5.75. The van der Waals surface area contributed by atoms with Crippen molar-refractivity contribution in [3.8, 4) is 0 Å². The smallest absolute Gasteiger partial charge is 0.180 e. The van der Waals surface area contributed by atoms with Gasteiger partial charge in [0.05, 0.1) is 17.7 Å². The molecule has 0 aliphatic rings. The maximum Gasteiger partial charge on any atom is 0.180 e. The summed E-state index contributed by atoms with van der Waals surface area (Å²) < 4.78 is 1.98. The molecule has 2 N–H and O–H groups in total. The van der Waals surface area contributed by atoms with Crippen LogP contribution < -0.4 is 10.6 Å². The third-order valence-corrected chi connectivity index (χ3v) is 3.94. The van der Waals surface area contributed by atoms with Gasteiger partial charge in [0.1, 0.15) is 5.82 Å². The van der Waals surface area contributed by atoms with Crippen molar-refractivity contribution in [2.24, 2.45) is 0 Å². The average Bonchev–Trinajstić information content (AvgIpc) is 3.11. The first-order valence-electron chi connectivity index (χ1n) is 6.99. The fourth-order valence-electron chi connectivity index (χ4n) is 2.05. The van der Waals surface area contributed by atoms with E-state index in [4.69, 9.17) is 0 Å². The van der Waals surface area contributed by atoms with Crippen LogP contribution in [0.25, 0.3) is 5.65 Å². The fraction of sp³-hybridized carbons (Fsp3) is 0.357. The predicted octanol–water partition coefficient (Wildman–Crippen LogP) is 2.93. The summed E-state index contributed by atoms with van der Waals surface area (Å²) in [7, 11) is 0. The largest absolute Gasteiger partial charge is 0.369 e. The molecule has 3 aromatic rings. The van der Waals surface area contributed by atoms with E-state index in [2.05, 4.69) is 32.5 Å². The van der Waals surface area contributed by atoms with Crippen LogP contribution in [0, 0.1) is 6.92 Å². The molecule has 0 spiro atoms. The molecule has 110 valence electrons. The SMILES string of the molecule is CCCNc1cn2ccnc2c(NCc2cnc(C)s2)n1. The van der Waals surface area contributed by atoms with Gasteiger partial charge in [-0.25, -0.2) is 15.0 Å². The van der Waals surface area contributed by atoms with E-state index < -0.39 is 0 Å². The number of imidazole rings is 1. The van der Waals surface area contributed by atoms with E-state index >= 15 is 0 Å². The van der Waals surface area contributed by atoms with Crippen molar-refractivity contribution in [2.45, 2.75) is 26.8 Å². The molecule has 21 heavy (non-hydrogen) atoms. The molecule has 3 rings (SSSR count). The summed E-state index contributed by atoms with van der Waals surface area (Å²) in [6, 6.07) is 0. The summed E-state index contributed by atoms with van der Waals surface area (Å²) in [6.07, 6.45) is 8.63. The van der Waals surface area contributed by atoms with E-state index in [0.717, 1.165) is 35.3 Å². The molecule has 0 unspecified atom stereocenters. The summed E-state index contributed by atoms with van der Waals surface area (Å²) in [4.78, 5) is 14.4. The van der Waals surface area contributed by atoms with E-state index in [9.17, 15) is 0 Å². The van der Waals surface area contributed by atoms with Crippen molar-refractivity contribution in [2.75, 3.05) is 17.2 Å². The quantitative estimate of drug-likeness (QED) is 0.733. The lowest BCUT2D eigenvalue weighted by molar-refractivity contribution is 0.960. The maximum absolute atomic E-state index is 4.61. The molecule has 0 saturated heterocycles. The zero-order chi connectivity index (χ0) is 14.7. The Labute approximate surface area is 127 Å². The van der Waals surface area contributed by atoms with Crippen LogP contribution in [0.4, 0.5) is 11.6 Å². The molecule has 3 heterocycles. The van der Waals surface area contributed by atoms with Crippen LogP contribution in [0.15, 0.2) is 24.8 Å². The maximum atomic E-state index is 4.61. The van der Waals surface area contributed by atoms with Gasteiger partial charge in [0.15, 0.2) is 11.5 Å². The number of aromatic nitrogens is 4. The molecule has 6 nitrogen and oxygen atoms in total. The van der Waals surface area contributed by atoms with Crippen LogP contribution in [0.3, 0.4) is 0 Å². The number of nitrogens with one attached hydrogen (secondary N) is 2. The Morgan fingerprint density at radius 2 is 2.19 bits per heavy atom. The van der Waals surface area contributed by atoms with Gasteiger partial charge in [-0.15, -0.1) is 11.3 Å². The Kier molecular flexibility index (Phi) is 4.01. The Morgan fingerprint density at radius 1 is 1.29 bits per heavy atom. The number of thiazole rings is 1.